The van der Waals surface area contributed by atoms with Gasteiger partial charge in [-0.25, -0.2) is 14.6 Å². The van der Waals surface area contributed by atoms with Gasteiger partial charge in [-0.2, -0.15) is 0 Å². The Morgan fingerprint density at radius 1 is 1.05 bits per heavy atom. The van der Waals surface area contributed by atoms with Crippen LogP contribution in [0, 0.1) is 5.92 Å². The van der Waals surface area contributed by atoms with E-state index >= 15 is 0 Å². The van der Waals surface area contributed by atoms with Gasteiger partial charge in [-0.3, -0.25) is 4.79 Å². The van der Waals surface area contributed by atoms with Crippen LogP contribution in [0.2, 0.25) is 0 Å². The lowest BCUT2D eigenvalue weighted by molar-refractivity contribution is -0.135. The molecule has 0 aliphatic carbocycles. The van der Waals surface area contributed by atoms with Gasteiger partial charge in [-0.05, 0) is 17.0 Å². The van der Waals surface area contributed by atoms with Crippen molar-refractivity contribution in [3.05, 3.63) is 71.7 Å². The number of aromatic nitrogens is 2. The summed E-state index contributed by atoms with van der Waals surface area (Å²) in [4.78, 5) is 52.7. The van der Waals surface area contributed by atoms with Gasteiger partial charge in [0.25, 0.3) is 0 Å². The number of imidazole rings is 1. The van der Waals surface area contributed by atoms with Crippen LogP contribution in [0.3, 0.4) is 0 Å². The van der Waals surface area contributed by atoms with Crippen LogP contribution in [-0.4, -0.2) is 76.9 Å². The quantitative estimate of drug-likeness (QED) is 0.493. The summed E-state index contributed by atoms with van der Waals surface area (Å²) >= 11 is 0. The molecule has 1 saturated heterocycles. The average Bonchev–Trinajstić information content (AvgIpc) is 3.69. The molecular formula is C28H33BN6O4. The topological polar surface area (TPSA) is 111 Å². The van der Waals surface area contributed by atoms with Crippen molar-refractivity contribution >= 4 is 31.3 Å². The van der Waals surface area contributed by atoms with Crippen LogP contribution in [0.15, 0.2) is 54.7 Å². The van der Waals surface area contributed by atoms with Gasteiger partial charge in [-0.1, -0.05) is 67.8 Å². The van der Waals surface area contributed by atoms with Crippen LogP contribution in [-0.2, 0) is 22.6 Å². The summed E-state index contributed by atoms with van der Waals surface area (Å²) in [5.74, 6) is 0.0861. The van der Waals surface area contributed by atoms with E-state index in [-0.39, 0.29) is 31.1 Å². The van der Waals surface area contributed by atoms with E-state index in [9.17, 15) is 14.4 Å². The van der Waals surface area contributed by atoms with E-state index in [0.29, 0.717) is 18.9 Å². The van der Waals surface area contributed by atoms with Crippen molar-refractivity contribution in [2.45, 2.75) is 39.0 Å². The van der Waals surface area contributed by atoms with Crippen molar-refractivity contribution in [2.75, 3.05) is 20.3 Å². The van der Waals surface area contributed by atoms with Gasteiger partial charge in [0, 0.05) is 24.8 Å². The standard InChI is InChI=1S/C28H33BN6O4/c1-17(2)24(32-27(37)39-3)26(36)35-16-34(28(38)33-13-19-6-4-5-7-20(19)14-33)15-23(35)25-30-12-22(31-25)18-8-10-21(29)11-9-18/h4-12,17,23-24H,13-16,29H2,1-3H3,(H,30,31)(H,32,37)/t23?,24-/m0/s1. The number of alkyl carbamates (subject to hydrolysis) is 1. The van der Waals surface area contributed by atoms with Crippen LogP contribution >= 0.6 is 0 Å². The molecule has 0 saturated carbocycles. The van der Waals surface area contributed by atoms with Gasteiger partial charge in [-0.15, -0.1) is 0 Å². The molecule has 1 aromatic heterocycles. The van der Waals surface area contributed by atoms with Gasteiger partial charge in [0.2, 0.25) is 5.91 Å². The second-order valence-corrected chi connectivity index (χ2v) is 10.5. The lowest BCUT2D eigenvalue weighted by atomic mass is 9.95. The fraction of sp³-hybridized carbons (Fsp3) is 0.357. The fourth-order valence-corrected chi connectivity index (χ4v) is 5.17. The largest absolute Gasteiger partial charge is 0.453 e. The third kappa shape index (κ3) is 5.34. The van der Waals surface area contributed by atoms with Crippen molar-refractivity contribution in [3.63, 3.8) is 0 Å². The molecule has 2 atom stereocenters. The van der Waals surface area contributed by atoms with E-state index in [1.54, 1.807) is 14.7 Å². The number of methoxy groups -OCH3 is 1. The smallest absolute Gasteiger partial charge is 0.407 e. The van der Waals surface area contributed by atoms with Gasteiger partial charge in [0.15, 0.2) is 0 Å². The van der Waals surface area contributed by atoms with E-state index in [1.165, 1.54) is 7.11 Å². The third-order valence-corrected chi connectivity index (χ3v) is 7.41. The summed E-state index contributed by atoms with van der Waals surface area (Å²) in [6, 6.07) is 14.6. The van der Waals surface area contributed by atoms with Crippen molar-refractivity contribution in [1.82, 2.24) is 30.0 Å². The van der Waals surface area contributed by atoms with Crippen molar-refractivity contribution in [2.24, 2.45) is 5.92 Å². The average molecular weight is 528 g/mol. The zero-order valence-electron chi connectivity index (χ0n) is 22.7. The van der Waals surface area contributed by atoms with Crippen molar-refractivity contribution in [1.29, 1.82) is 0 Å². The summed E-state index contributed by atoms with van der Waals surface area (Å²) in [5, 5.41) is 2.67. The fourth-order valence-electron chi connectivity index (χ4n) is 5.17. The minimum absolute atomic E-state index is 0.0851. The number of carbonyl (C=O) groups excluding carboxylic acids is 3. The molecule has 2 aromatic carbocycles. The van der Waals surface area contributed by atoms with Crippen molar-refractivity contribution < 1.29 is 19.1 Å². The first-order valence-corrected chi connectivity index (χ1v) is 13.1. The molecule has 10 nitrogen and oxygen atoms in total. The zero-order chi connectivity index (χ0) is 27.7. The number of aromatic amines is 1. The zero-order valence-corrected chi connectivity index (χ0v) is 22.7. The van der Waals surface area contributed by atoms with Crippen molar-refractivity contribution in [3.8, 4) is 11.3 Å². The summed E-state index contributed by atoms with van der Waals surface area (Å²) < 4.78 is 4.76. The first-order chi connectivity index (χ1) is 18.7. The number of carbonyl (C=O) groups is 3. The second kappa shape index (κ2) is 10.8. The molecule has 2 aliphatic heterocycles. The molecule has 0 spiro atoms. The normalized spacial score (nSPS) is 17.3. The highest BCUT2D eigenvalue weighted by atomic mass is 16.5. The lowest BCUT2D eigenvalue weighted by Crippen LogP contribution is -2.52. The number of rotatable bonds is 5. The predicted octanol–water partition coefficient (Wildman–Crippen LogP) is 1.99. The van der Waals surface area contributed by atoms with Gasteiger partial charge >= 0.3 is 12.1 Å². The SMILES string of the molecule is Bc1ccc(-c2c[nH]c(C3CN(C(=O)N4Cc5ccccc5C4)CN3C(=O)[C@@H](NC(=O)OC)C(C)C)n2)cc1. The maximum atomic E-state index is 13.9. The number of benzene rings is 2. The number of hydrogen-bond donors (Lipinski definition) is 2. The maximum Gasteiger partial charge on any atom is 0.407 e. The highest BCUT2D eigenvalue weighted by molar-refractivity contribution is 6.32. The Morgan fingerprint density at radius 3 is 2.33 bits per heavy atom. The number of amides is 4. The Kier molecular flexibility index (Phi) is 7.32. The molecule has 4 amide bonds. The Labute approximate surface area is 228 Å². The molecule has 0 radical (unpaired) electrons. The van der Waals surface area contributed by atoms with Gasteiger partial charge < -0.3 is 29.7 Å². The predicted molar refractivity (Wildman–Crippen MR) is 149 cm³/mol. The highest BCUT2D eigenvalue weighted by Gasteiger charge is 2.43. The van der Waals surface area contributed by atoms with Crippen LogP contribution in [0.5, 0.6) is 0 Å². The monoisotopic (exact) mass is 528 g/mol. The molecule has 3 aromatic rings. The number of urea groups is 1. The van der Waals surface area contributed by atoms with E-state index in [1.807, 2.05) is 76.4 Å². The summed E-state index contributed by atoms with van der Waals surface area (Å²) in [5.41, 5.74) is 5.12. The van der Waals surface area contributed by atoms with Gasteiger partial charge in [0.1, 0.15) is 25.8 Å². The molecule has 5 rings (SSSR count). The van der Waals surface area contributed by atoms with Crippen LogP contribution < -0.4 is 10.8 Å². The number of fused-ring (bicyclic) bond motifs is 1. The molecular weight excluding hydrogens is 495 g/mol. The van der Waals surface area contributed by atoms with E-state index < -0.39 is 18.2 Å². The number of nitrogens with zero attached hydrogens (tertiary/aromatic N) is 4. The van der Waals surface area contributed by atoms with E-state index in [0.717, 1.165) is 27.8 Å². The molecule has 1 unspecified atom stereocenters. The molecule has 11 heteroatoms. The number of hydrogen-bond acceptors (Lipinski definition) is 5. The Morgan fingerprint density at radius 2 is 1.72 bits per heavy atom. The van der Waals surface area contributed by atoms with E-state index in [2.05, 4.69) is 10.3 Å². The lowest BCUT2D eigenvalue weighted by Gasteiger charge is -2.29. The van der Waals surface area contributed by atoms with Crippen LogP contribution in [0.25, 0.3) is 11.3 Å². The molecule has 1 fully saturated rings. The summed E-state index contributed by atoms with van der Waals surface area (Å²) in [7, 11) is 3.29. The minimum atomic E-state index is -0.822. The first-order valence-electron chi connectivity index (χ1n) is 13.1. The van der Waals surface area contributed by atoms with E-state index in [4.69, 9.17) is 9.72 Å². The van der Waals surface area contributed by atoms with Crippen LogP contribution in [0.1, 0.15) is 36.8 Å². The van der Waals surface area contributed by atoms with Crippen LogP contribution in [0.4, 0.5) is 9.59 Å². The molecule has 202 valence electrons. The number of nitrogens with one attached hydrogen (secondary N) is 2. The number of ether oxygens (including phenoxy) is 1. The molecule has 39 heavy (non-hydrogen) atoms. The molecule has 2 N–H and O–H groups in total. The molecule has 0 bridgehead atoms. The minimum Gasteiger partial charge on any atom is -0.453 e. The number of H-pyrrole nitrogens is 1. The molecule has 3 heterocycles. The Hall–Kier alpha value is -4.28. The summed E-state index contributed by atoms with van der Waals surface area (Å²) in [6.45, 7) is 5.14. The summed E-state index contributed by atoms with van der Waals surface area (Å²) in [6.07, 6.45) is 1.14. The van der Waals surface area contributed by atoms with Gasteiger partial charge in [0.05, 0.1) is 26.0 Å². The third-order valence-electron chi connectivity index (χ3n) is 7.41. The second-order valence-electron chi connectivity index (χ2n) is 10.5. The Bertz CT molecular complexity index is 1350. The maximum absolute atomic E-state index is 13.9. The first kappa shape index (κ1) is 26.3. The Balaban J connectivity index is 1.42. The highest BCUT2D eigenvalue weighted by Crippen LogP contribution is 2.32. The molecule has 2 aliphatic rings.